The van der Waals surface area contributed by atoms with Gasteiger partial charge in [0.25, 0.3) is 0 Å². The molecule has 1 fully saturated rings. The van der Waals surface area contributed by atoms with Crippen molar-refractivity contribution in [1.29, 1.82) is 0 Å². The summed E-state index contributed by atoms with van der Waals surface area (Å²) in [6, 6.07) is 8.41. The lowest BCUT2D eigenvalue weighted by molar-refractivity contribution is 0.00578. The predicted octanol–water partition coefficient (Wildman–Crippen LogP) is 3.44. The van der Waals surface area contributed by atoms with Crippen molar-refractivity contribution in [2.45, 2.75) is 64.6 Å². The van der Waals surface area contributed by atoms with Gasteiger partial charge in [0.05, 0.1) is 17.1 Å². The van der Waals surface area contributed by atoms with E-state index >= 15 is 0 Å². The average Bonchev–Trinajstić information content (AvgIpc) is 2.57. The molecule has 4 heteroatoms. The molecule has 2 N–H and O–H groups in total. The Bertz CT molecular complexity index is 452. The van der Waals surface area contributed by atoms with Crippen LogP contribution < -0.4 is 5.73 Å². The Kier molecular flexibility index (Phi) is 4.02. The van der Waals surface area contributed by atoms with Crippen molar-refractivity contribution < 1.29 is 9.31 Å². The molecule has 0 bridgehead atoms. The molecule has 0 spiro atoms. The Labute approximate surface area is 123 Å². The molecule has 0 unspecified atom stereocenters. The third-order valence-electron chi connectivity index (χ3n) is 4.55. The Hall–Kier alpha value is -0.835. The van der Waals surface area contributed by atoms with Gasteiger partial charge >= 0.3 is 7.12 Å². The standard InChI is InChI=1S/C16H26BNO2/c1-11(2)12-7-9-13(10-8-12)14(18)17-19-15(3,4)16(5,6)20-17/h7-11,14H,18H2,1-6H3/t14-/m0/s1. The van der Waals surface area contributed by atoms with Crippen molar-refractivity contribution in [2.75, 3.05) is 0 Å². The van der Waals surface area contributed by atoms with Crippen LogP contribution >= 0.6 is 0 Å². The third-order valence-corrected chi connectivity index (χ3v) is 4.55. The van der Waals surface area contributed by atoms with E-state index in [0.29, 0.717) is 5.92 Å². The van der Waals surface area contributed by atoms with Gasteiger partial charge in [-0.3, -0.25) is 0 Å². The fraction of sp³-hybridized carbons (Fsp3) is 0.625. The van der Waals surface area contributed by atoms with E-state index in [1.165, 1.54) is 5.56 Å². The summed E-state index contributed by atoms with van der Waals surface area (Å²) in [6.45, 7) is 12.5. The highest BCUT2D eigenvalue weighted by molar-refractivity contribution is 6.47. The summed E-state index contributed by atoms with van der Waals surface area (Å²) >= 11 is 0. The van der Waals surface area contributed by atoms with Gasteiger partial charge in [-0.15, -0.1) is 0 Å². The van der Waals surface area contributed by atoms with Gasteiger partial charge in [-0.05, 0) is 44.7 Å². The van der Waals surface area contributed by atoms with E-state index in [-0.39, 0.29) is 17.1 Å². The largest absolute Gasteiger partial charge is 0.480 e. The van der Waals surface area contributed by atoms with Gasteiger partial charge in [-0.1, -0.05) is 38.1 Å². The fourth-order valence-electron chi connectivity index (χ4n) is 2.30. The molecule has 1 heterocycles. The van der Waals surface area contributed by atoms with Crippen LogP contribution in [0.25, 0.3) is 0 Å². The Morgan fingerprint density at radius 2 is 1.30 bits per heavy atom. The van der Waals surface area contributed by atoms with Gasteiger partial charge in [0.1, 0.15) is 0 Å². The Balaban J connectivity index is 2.15. The minimum Gasteiger partial charge on any atom is -0.402 e. The van der Waals surface area contributed by atoms with E-state index in [9.17, 15) is 0 Å². The van der Waals surface area contributed by atoms with E-state index in [1.807, 2.05) is 27.7 Å². The van der Waals surface area contributed by atoms with E-state index in [2.05, 4.69) is 38.1 Å². The van der Waals surface area contributed by atoms with E-state index in [4.69, 9.17) is 15.0 Å². The van der Waals surface area contributed by atoms with Gasteiger partial charge in [-0.2, -0.15) is 0 Å². The molecule has 1 aliphatic rings. The van der Waals surface area contributed by atoms with Crippen LogP contribution in [0.1, 0.15) is 64.5 Å². The van der Waals surface area contributed by atoms with E-state index in [0.717, 1.165) is 5.56 Å². The molecule has 0 aromatic heterocycles. The van der Waals surface area contributed by atoms with Crippen LogP contribution in [-0.2, 0) is 9.31 Å². The van der Waals surface area contributed by atoms with Crippen LogP contribution in [-0.4, -0.2) is 18.3 Å². The smallest absolute Gasteiger partial charge is 0.402 e. The van der Waals surface area contributed by atoms with E-state index < -0.39 is 7.12 Å². The van der Waals surface area contributed by atoms with Crippen molar-refractivity contribution in [3.05, 3.63) is 35.4 Å². The monoisotopic (exact) mass is 275 g/mol. The first-order valence-electron chi connectivity index (χ1n) is 7.35. The maximum atomic E-state index is 6.32. The topological polar surface area (TPSA) is 44.5 Å². The van der Waals surface area contributed by atoms with Gasteiger partial charge in [0, 0.05) is 0 Å². The molecule has 2 rings (SSSR count). The second kappa shape index (κ2) is 5.17. The summed E-state index contributed by atoms with van der Waals surface area (Å²) < 4.78 is 12.0. The molecule has 0 amide bonds. The summed E-state index contributed by atoms with van der Waals surface area (Å²) in [6.07, 6.45) is 0. The molecule has 1 aromatic rings. The molecule has 0 radical (unpaired) electrons. The van der Waals surface area contributed by atoms with Crippen molar-refractivity contribution in [1.82, 2.24) is 0 Å². The van der Waals surface area contributed by atoms with Crippen molar-refractivity contribution in [3.8, 4) is 0 Å². The minimum absolute atomic E-state index is 0.266. The first-order chi connectivity index (χ1) is 9.14. The summed E-state index contributed by atoms with van der Waals surface area (Å²) in [7, 11) is -0.398. The van der Waals surface area contributed by atoms with Gasteiger partial charge < -0.3 is 15.0 Å². The highest BCUT2D eigenvalue weighted by Crippen LogP contribution is 2.39. The SMILES string of the molecule is CC(C)c1ccc([C@H](N)B2OC(C)(C)C(C)(C)O2)cc1. The Morgan fingerprint density at radius 1 is 0.900 bits per heavy atom. The molecule has 1 atom stereocenters. The fourth-order valence-corrected chi connectivity index (χ4v) is 2.30. The minimum atomic E-state index is -0.398. The van der Waals surface area contributed by atoms with Crippen molar-refractivity contribution in [3.63, 3.8) is 0 Å². The first kappa shape index (κ1) is 15.6. The first-order valence-corrected chi connectivity index (χ1v) is 7.35. The lowest BCUT2D eigenvalue weighted by Crippen LogP contribution is -2.41. The molecule has 0 aliphatic carbocycles. The van der Waals surface area contributed by atoms with Crippen LogP contribution in [0.3, 0.4) is 0 Å². The maximum absolute atomic E-state index is 6.32. The second-order valence-electron chi connectivity index (χ2n) is 6.97. The lowest BCUT2D eigenvalue weighted by Gasteiger charge is -2.32. The zero-order chi connectivity index (χ0) is 15.1. The van der Waals surface area contributed by atoms with Gasteiger partial charge in [0.15, 0.2) is 0 Å². The summed E-state index contributed by atoms with van der Waals surface area (Å²) in [5.41, 5.74) is 8.00. The molecule has 20 heavy (non-hydrogen) atoms. The summed E-state index contributed by atoms with van der Waals surface area (Å²) in [5.74, 6) is 0.259. The van der Waals surface area contributed by atoms with Crippen molar-refractivity contribution >= 4 is 7.12 Å². The highest BCUT2D eigenvalue weighted by Gasteiger charge is 2.53. The number of rotatable bonds is 3. The highest BCUT2D eigenvalue weighted by atomic mass is 16.7. The molecule has 110 valence electrons. The molecular formula is C16H26BNO2. The zero-order valence-electron chi connectivity index (χ0n) is 13.4. The molecule has 0 saturated carbocycles. The summed E-state index contributed by atoms with van der Waals surface area (Å²) in [4.78, 5) is 0. The number of benzene rings is 1. The van der Waals surface area contributed by atoms with Crippen LogP contribution in [0.4, 0.5) is 0 Å². The van der Waals surface area contributed by atoms with Crippen LogP contribution in [0.2, 0.25) is 0 Å². The lowest BCUT2D eigenvalue weighted by atomic mass is 9.74. The maximum Gasteiger partial charge on any atom is 0.480 e. The zero-order valence-corrected chi connectivity index (χ0v) is 13.4. The molecular weight excluding hydrogens is 249 g/mol. The Morgan fingerprint density at radius 3 is 1.70 bits per heavy atom. The molecule has 3 nitrogen and oxygen atoms in total. The van der Waals surface area contributed by atoms with Crippen molar-refractivity contribution in [2.24, 2.45) is 5.73 Å². The average molecular weight is 275 g/mol. The van der Waals surface area contributed by atoms with E-state index in [1.54, 1.807) is 0 Å². The number of hydrogen-bond donors (Lipinski definition) is 1. The number of hydrogen-bond acceptors (Lipinski definition) is 3. The van der Waals surface area contributed by atoms with Crippen LogP contribution in [0, 0.1) is 0 Å². The quantitative estimate of drug-likeness (QED) is 0.859. The van der Waals surface area contributed by atoms with Crippen LogP contribution in [0.15, 0.2) is 24.3 Å². The second-order valence-corrected chi connectivity index (χ2v) is 6.97. The van der Waals surface area contributed by atoms with Crippen LogP contribution in [0.5, 0.6) is 0 Å². The normalized spacial score (nSPS) is 22.3. The number of nitrogens with two attached hydrogens (primary N) is 1. The van der Waals surface area contributed by atoms with Gasteiger partial charge in [-0.25, -0.2) is 0 Å². The molecule has 1 saturated heterocycles. The molecule has 1 aliphatic heterocycles. The van der Waals surface area contributed by atoms with Gasteiger partial charge in [0.2, 0.25) is 0 Å². The summed E-state index contributed by atoms with van der Waals surface area (Å²) in [5, 5.41) is 0. The molecule has 1 aromatic carbocycles. The third kappa shape index (κ3) is 2.78. The predicted molar refractivity (Wildman–Crippen MR) is 83.5 cm³/mol.